The van der Waals surface area contributed by atoms with Gasteiger partial charge in [-0.3, -0.25) is 0 Å². The third kappa shape index (κ3) is 3.44. The molecule has 0 radical (unpaired) electrons. The minimum Gasteiger partial charge on any atom is -0.370 e. The highest BCUT2D eigenvalue weighted by Gasteiger charge is 2.21. The second-order valence-electron chi connectivity index (χ2n) is 6.46. The molecule has 1 aliphatic rings. The van der Waals surface area contributed by atoms with E-state index in [0.29, 0.717) is 16.5 Å². The van der Waals surface area contributed by atoms with Gasteiger partial charge in [0.15, 0.2) is 0 Å². The van der Waals surface area contributed by atoms with E-state index in [1.807, 2.05) is 16.8 Å². The first kappa shape index (κ1) is 17.4. The van der Waals surface area contributed by atoms with Gasteiger partial charge in [-0.25, -0.2) is 9.07 Å². The normalized spacial score (nSPS) is 13.8. The number of benzene rings is 2. The van der Waals surface area contributed by atoms with Gasteiger partial charge in [-0.05, 0) is 61.2 Å². The van der Waals surface area contributed by atoms with Crippen molar-refractivity contribution in [2.24, 2.45) is 0 Å². The van der Waals surface area contributed by atoms with Crippen molar-refractivity contribution < 1.29 is 4.39 Å². The zero-order chi connectivity index (χ0) is 18.1. The minimum absolute atomic E-state index is 0.256. The quantitative estimate of drug-likeness (QED) is 0.626. The molecule has 2 heterocycles. The van der Waals surface area contributed by atoms with Crippen molar-refractivity contribution in [2.75, 3.05) is 11.9 Å². The van der Waals surface area contributed by atoms with E-state index in [1.54, 1.807) is 18.2 Å². The van der Waals surface area contributed by atoms with Crippen LogP contribution in [-0.2, 0) is 12.8 Å². The summed E-state index contributed by atoms with van der Waals surface area (Å²) in [5.74, 6) is 0.738. The second-order valence-corrected chi connectivity index (χ2v) is 7.30. The summed E-state index contributed by atoms with van der Waals surface area (Å²) in [6.45, 7) is 0.904. The molecule has 134 valence electrons. The highest BCUT2D eigenvalue weighted by atomic mass is 35.5. The zero-order valence-corrected chi connectivity index (χ0v) is 15.6. The molecule has 3 nitrogen and oxygen atoms in total. The molecule has 4 rings (SSSR count). The molecular weight excluding hydrogens is 372 g/mol. The topological polar surface area (TPSA) is 29.9 Å². The first-order chi connectivity index (χ1) is 12.6. The van der Waals surface area contributed by atoms with Crippen LogP contribution in [-0.4, -0.2) is 16.3 Å². The van der Waals surface area contributed by atoms with Crippen LogP contribution in [0.5, 0.6) is 0 Å². The van der Waals surface area contributed by atoms with Crippen molar-refractivity contribution >= 4 is 29.0 Å². The molecule has 0 aliphatic carbocycles. The van der Waals surface area contributed by atoms with Gasteiger partial charge in [0.05, 0.1) is 11.4 Å². The number of nitrogens with zero attached hydrogens (tertiary/aromatic N) is 2. The first-order valence-corrected chi connectivity index (χ1v) is 9.42. The Morgan fingerprint density at radius 2 is 1.88 bits per heavy atom. The number of nitrogens with one attached hydrogen (secondary N) is 1. The van der Waals surface area contributed by atoms with Crippen molar-refractivity contribution in [2.45, 2.75) is 25.7 Å². The van der Waals surface area contributed by atoms with Crippen molar-refractivity contribution in [3.8, 4) is 5.69 Å². The largest absolute Gasteiger partial charge is 0.370 e. The monoisotopic (exact) mass is 389 g/mol. The molecule has 1 aliphatic heterocycles. The van der Waals surface area contributed by atoms with E-state index in [4.69, 9.17) is 28.3 Å². The number of aromatic nitrogens is 2. The lowest BCUT2D eigenvalue weighted by Gasteiger charge is -2.09. The van der Waals surface area contributed by atoms with Crippen LogP contribution in [0.25, 0.3) is 5.69 Å². The van der Waals surface area contributed by atoms with E-state index in [0.717, 1.165) is 48.6 Å². The van der Waals surface area contributed by atoms with E-state index in [2.05, 4.69) is 5.32 Å². The maximum absolute atomic E-state index is 13.3. The smallest absolute Gasteiger partial charge is 0.133 e. The lowest BCUT2D eigenvalue weighted by molar-refractivity contribution is 0.627. The molecule has 0 atom stereocenters. The second kappa shape index (κ2) is 7.29. The Morgan fingerprint density at radius 1 is 1.08 bits per heavy atom. The first-order valence-electron chi connectivity index (χ1n) is 8.66. The summed E-state index contributed by atoms with van der Waals surface area (Å²) in [5.41, 5.74) is 4.03. The van der Waals surface area contributed by atoms with Crippen LogP contribution in [0.1, 0.15) is 29.7 Å². The molecule has 3 aromatic rings. The van der Waals surface area contributed by atoms with Crippen LogP contribution < -0.4 is 5.32 Å². The number of anilines is 1. The Balaban J connectivity index is 1.78. The molecule has 0 saturated carbocycles. The fraction of sp³-hybridized carbons (Fsp3) is 0.250. The highest BCUT2D eigenvalue weighted by molar-refractivity contribution is 6.35. The lowest BCUT2D eigenvalue weighted by atomic mass is 10.0. The third-order valence-corrected chi connectivity index (χ3v) is 5.24. The van der Waals surface area contributed by atoms with Gasteiger partial charge in [0.25, 0.3) is 0 Å². The van der Waals surface area contributed by atoms with Crippen molar-refractivity contribution in [1.29, 1.82) is 0 Å². The van der Waals surface area contributed by atoms with Gasteiger partial charge in [0.1, 0.15) is 11.6 Å². The number of halogens is 3. The van der Waals surface area contributed by atoms with Gasteiger partial charge >= 0.3 is 0 Å². The summed E-state index contributed by atoms with van der Waals surface area (Å²) in [6, 6.07) is 11.9. The molecule has 0 spiro atoms. The molecule has 0 amide bonds. The molecule has 1 aromatic heterocycles. The number of hydrogen-bond acceptors (Lipinski definition) is 2. The van der Waals surface area contributed by atoms with Gasteiger partial charge in [-0.1, -0.05) is 29.3 Å². The summed E-state index contributed by atoms with van der Waals surface area (Å²) >= 11 is 12.4. The average molecular weight is 390 g/mol. The Morgan fingerprint density at radius 3 is 2.65 bits per heavy atom. The van der Waals surface area contributed by atoms with Gasteiger partial charge in [-0.2, -0.15) is 5.10 Å². The molecule has 0 fully saturated rings. The van der Waals surface area contributed by atoms with E-state index in [9.17, 15) is 4.39 Å². The van der Waals surface area contributed by atoms with E-state index >= 15 is 0 Å². The summed E-state index contributed by atoms with van der Waals surface area (Å²) in [6.07, 6.45) is 3.81. The number of hydrogen-bond donors (Lipinski definition) is 1. The third-order valence-electron chi connectivity index (χ3n) is 4.66. The van der Waals surface area contributed by atoms with Crippen LogP contribution in [0.4, 0.5) is 10.2 Å². The van der Waals surface area contributed by atoms with E-state index < -0.39 is 0 Å². The van der Waals surface area contributed by atoms with Crippen molar-refractivity contribution in [3.05, 3.63) is 75.1 Å². The van der Waals surface area contributed by atoms with Crippen LogP contribution in [0, 0.1) is 5.82 Å². The van der Waals surface area contributed by atoms with Gasteiger partial charge in [0.2, 0.25) is 0 Å². The maximum atomic E-state index is 13.3. The van der Waals surface area contributed by atoms with Crippen molar-refractivity contribution in [1.82, 2.24) is 9.78 Å². The Hall–Kier alpha value is -2.04. The van der Waals surface area contributed by atoms with Crippen molar-refractivity contribution in [3.63, 3.8) is 0 Å². The van der Waals surface area contributed by atoms with Crippen LogP contribution in [0.15, 0.2) is 42.5 Å². The van der Waals surface area contributed by atoms with Gasteiger partial charge < -0.3 is 5.32 Å². The summed E-state index contributed by atoms with van der Waals surface area (Å²) in [5, 5.41) is 9.59. The molecule has 26 heavy (non-hydrogen) atoms. The zero-order valence-electron chi connectivity index (χ0n) is 14.1. The van der Waals surface area contributed by atoms with Crippen LogP contribution >= 0.6 is 23.2 Å². The fourth-order valence-electron chi connectivity index (χ4n) is 3.33. The molecule has 2 aromatic carbocycles. The fourth-order valence-corrected chi connectivity index (χ4v) is 3.81. The summed E-state index contributed by atoms with van der Waals surface area (Å²) < 4.78 is 15.2. The van der Waals surface area contributed by atoms with E-state index in [-0.39, 0.29) is 5.82 Å². The molecule has 0 unspecified atom stereocenters. The molecule has 0 bridgehead atoms. The predicted molar refractivity (Wildman–Crippen MR) is 104 cm³/mol. The highest BCUT2D eigenvalue weighted by Crippen LogP contribution is 2.31. The number of rotatable bonds is 3. The lowest BCUT2D eigenvalue weighted by Crippen LogP contribution is -2.07. The van der Waals surface area contributed by atoms with Gasteiger partial charge in [0, 0.05) is 28.6 Å². The SMILES string of the molecule is Fc1ccc(-n2nc(Cc3ccc(Cl)cc3Cl)c3c2NCCCC3)cc1. The molecule has 0 saturated heterocycles. The Bertz CT molecular complexity index is 935. The molecule has 6 heteroatoms. The minimum atomic E-state index is -0.256. The van der Waals surface area contributed by atoms with Gasteiger partial charge in [-0.15, -0.1) is 0 Å². The maximum Gasteiger partial charge on any atom is 0.133 e. The van der Waals surface area contributed by atoms with Crippen LogP contribution in [0.3, 0.4) is 0 Å². The van der Waals surface area contributed by atoms with Crippen LogP contribution in [0.2, 0.25) is 10.0 Å². The number of fused-ring (bicyclic) bond motifs is 1. The van der Waals surface area contributed by atoms with E-state index in [1.165, 1.54) is 17.7 Å². The summed E-state index contributed by atoms with van der Waals surface area (Å²) in [4.78, 5) is 0. The predicted octanol–water partition coefficient (Wildman–Crippen LogP) is 5.66. The molecular formula is C20H18Cl2FN3. The average Bonchev–Trinajstić information content (AvgIpc) is 2.80. The Labute approximate surface area is 161 Å². The summed E-state index contributed by atoms with van der Waals surface area (Å²) in [7, 11) is 0. The molecule has 1 N–H and O–H groups in total. The Kier molecular flexibility index (Phi) is 4.88. The standard InChI is InChI=1S/C20H18Cl2FN3/c21-14-5-4-13(18(22)12-14)11-19-17-3-1-2-10-24-20(17)26(25-19)16-8-6-15(23)7-9-16/h4-9,12,24H,1-3,10-11H2.